The Morgan fingerprint density at radius 3 is 2.67 bits per heavy atom. The molecule has 0 radical (unpaired) electrons. The molecular formula is C14H19N3O. The highest BCUT2D eigenvalue weighted by molar-refractivity contribution is 5.10. The van der Waals surface area contributed by atoms with Crippen LogP contribution in [-0.2, 0) is 25.9 Å². The third-order valence-electron chi connectivity index (χ3n) is 3.09. The molecule has 0 saturated carbocycles. The molecule has 0 aliphatic heterocycles. The van der Waals surface area contributed by atoms with Crippen molar-refractivity contribution in [3.8, 4) is 0 Å². The monoisotopic (exact) mass is 245 g/mol. The fourth-order valence-corrected chi connectivity index (χ4v) is 2.01. The van der Waals surface area contributed by atoms with E-state index in [1.807, 2.05) is 16.9 Å². The van der Waals surface area contributed by atoms with Gasteiger partial charge in [0.05, 0.1) is 12.2 Å². The molecular weight excluding hydrogens is 226 g/mol. The second kappa shape index (κ2) is 5.67. The van der Waals surface area contributed by atoms with Gasteiger partial charge in [-0.2, -0.15) is 5.10 Å². The Morgan fingerprint density at radius 1 is 1.17 bits per heavy atom. The van der Waals surface area contributed by atoms with Gasteiger partial charge in [-0.15, -0.1) is 0 Å². The maximum absolute atomic E-state index is 11.6. The number of aryl methyl sites for hydroxylation is 4. The van der Waals surface area contributed by atoms with Crippen LogP contribution in [0.5, 0.6) is 0 Å². The Kier molecular flexibility index (Phi) is 3.97. The van der Waals surface area contributed by atoms with Gasteiger partial charge in [-0.1, -0.05) is 19.9 Å². The van der Waals surface area contributed by atoms with Crippen molar-refractivity contribution in [3.05, 3.63) is 52.2 Å². The van der Waals surface area contributed by atoms with Crippen LogP contribution in [0.1, 0.15) is 25.2 Å². The maximum atomic E-state index is 11.6. The molecule has 0 spiro atoms. The van der Waals surface area contributed by atoms with Crippen molar-refractivity contribution in [2.75, 3.05) is 0 Å². The van der Waals surface area contributed by atoms with Crippen molar-refractivity contribution in [2.24, 2.45) is 0 Å². The molecule has 0 bridgehead atoms. The molecule has 2 heterocycles. The molecule has 18 heavy (non-hydrogen) atoms. The van der Waals surface area contributed by atoms with Crippen molar-refractivity contribution in [1.82, 2.24) is 14.3 Å². The molecule has 0 aliphatic carbocycles. The van der Waals surface area contributed by atoms with Gasteiger partial charge in [0.15, 0.2) is 0 Å². The molecule has 0 unspecified atom stereocenters. The van der Waals surface area contributed by atoms with Crippen LogP contribution in [0.15, 0.2) is 35.3 Å². The SMILES string of the molecule is CCc1cc(CC)n(CCn2ccccc2=O)n1. The zero-order chi connectivity index (χ0) is 13.0. The molecule has 2 rings (SSSR count). The lowest BCUT2D eigenvalue weighted by Gasteiger charge is -2.07. The van der Waals surface area contributed by atoms with Crippen molar-refractivity contribution in [2.45, 2.75) is 39.8 Å². The molecule has 0 N–H and O–H groups in total. The van der Waals surface area contributed by atoms with Crippen LogP contribution in [0.4, 0.5) is 0 Å². The summed E-state index contributed by atoms with van der Waals surface area (Å²) in [5.74, 6) is 0. The van der Waals surface area contributed by atoms with Crippen LogP contribution in [0.25, 0.3) is 0 Å². The Morgan fingerprint density at radius 2 is 2.00 bits per heavy atom. The van der Waals surface area contributed by atoms with Crippen molar-refractivity contribution < 1.29 is 0 Å². The van der Waals surface area contributed by atoms with E-state index in [-0.39, 0.29) is 5.56 Å². The highest BCUT2D eigenvalue weighted by Gasteiger charge is 2.05. The van der Waals surface area contributed by atoms with E-state index in [4.69, 9.17) is 0 Å². The Balaban J connectivity index is 2.13. The summed E-state index contributed by atoms with van der Waals surface area (Å²) in [6.45, 7) is 5.64. The summed E-state index contributed by atoms with van der Waals surface area (Å²) in [6.07, 6.45) is 3.74. The van der Waals surface area contributed by atoms with Crippen LogP contribution < -0.4 is 5.56 Å². The van der Waals surface area contributed by atoms with Gasteiger partial charge in [0.25, 0.3) is 5.56 Å². The molecule has 2 aromatic rings. The number of hydrogen-bond acceptors (Lipinski definition) is 2. The number of pyridine rings is 1. The molecule has 0 amide bonds. The molecule has 0 aliphatic rings. The van der Waals surface area contributed by atoms with Crippen LogP contribution in [0.3, 0.4) is 0 Å². The van der Waals surface area contributed by atoms with Gasteiger partial charge in [-0.05, 0) is 25.0 Å². The van der Waals surface area contributed by atoms with Crippen molar-refractivity contribution in [3.63, 3.8) is 0 Å². The predicted molar refractivity (Wildman–Crippen MR) is 71.7 cm³/mol. The predicted octanol–water partition coefficient (Wildman–Crippen LogP) is 1.87. The van der Waals surface area contributed by atoms with Crippen molar-refractivity contribution in [1.29, 1.82) is 0 Å². The van der Waals surface area contributed by atoms with Gasteiger partial charge in [-0.25, -0.2) is 0 Å². The number of aromatic nitrogens is 3. The summed E-state index contributed by atoms with van der Waals surface area (Å²) < 4.78 is 3.73. The zero-order valence-electron chi connectivity index (χ0n) is 11.0. The lowest BCUT2D eigenvalue weighted by atomic mass is 10.2. The van der Waals surface area contributed by atoms with E-state index < -0.39 is 0 Å². The van der Waals surface area contributed by atoms with Gasteiger partial charge >= 0.3 is 0 Å². The molecule has 4 nitrogen and oxygen atoms in total. The highest BCUT2D eigenvalue weighted by atomic mass is 16.1. The normalized spacial score (nSPS) is 10.8. The van der Waals surface area contributed by atoms with Gasteiger partial charge in [0.2, 0.25) is 0 Å². The van der Waals surface area contributed by atoms with Crippen LogP contribution >= 0.6 is 0 Å². The van der Waals surface area contributed by atoms with Gasteiger partial charge in [-0.3, -0.25) is 9.48 Å². The van der Waals surface area contributed by atoms with E-state index in [1.165, 1.54) is 5.69 Å². The fraction of sp³-hybridized carbons (Fsp3) is 0.429. The van der Waals surface area contributed by atoms with Crippen LogP contribution in [0, 0.1) is 0 Å². The maximum Gasteiger partial charge on any atom is 0.250 e. The first-order chi connectivity index (χ1) is 8.74. The summed E-state index contributed by atoms with van der Waals surface area (Å²) in [5.41, 5.74) is 2.39. The highest BCUT2D eigenvalue weighted by Crippen LogP contribution is 2.06. The van der Waals surface area contributed by atoms with Crippen LogP contribution in [0.2, 0.25) is 0 Å². The third-order valence-corrected chi connectivity index (χ3v) is 3.09. The average Bonchev–Trinajstić information content (AvgIpc) is 2.80. The summed E-state index contributed by atoms with van der Waals surface area (Å²) in [5, 5.41) is 4.55. The lowest BCUT2D eigenvalue weighted by molar-refractivity contribution is 0.506. The topological polar surface area (TPSA) is 39.8 Å². The third kappa shape index (κ3) is 2.70. The van der Waals surface area contributed by atoms with Gasteiger partial charge < -0.3 is 4.57 Å². The molecule has 0 saturated heterocycles. The van der Waals surface area contributed by atoms with Gasteiger partial charge in [0, 0.05) is 24.5 Å². The van der Waals surface area contributed by atoms with E-state index >= 15 is 0 Å². The number of hydrogen-bond donors (Lipinski definition) is 0. The summed E-state index contributed by atoms with van der Waals surface area (Å²) in [7, 11) is 0. The molecule has 96 valence electrons. The quantitative estimate of drug-likeness (QED) is 0.806. The summed E-state index contributed by atoms with van der Waals surface area (Å²) >= 11 is 0. The number of nitrogens with zero attached hydrogens (tertiary/aromatic N) is 3. The minimum absolute atomic E-state index is 0.0402. The van der Waals surface area contributed by atoms with Crippen LogP contribution in [-0.4, -0.2) is 14.3 Å². The molecule has 0 atom stereocenters. The second-order valence-electron chi connectivity index (χ2n) is 4.29. The number of rotatable bonds is 5. The molecule has 2 aromatic heterocycles. The Bertz CT molecular complexity index is 568. The van der Waals surface area contributed by atoms with E-state index in [0.29, 0.717) is 6.54 Å². The first-order valence-corrected chi connectivity index (χ1v) is 6.45. The Labute approximate surface area is 107 Å². The molecule has 0 aromatic carbocycles. The largest absolute Gasteiger partial charge is 0.314 e. The van der Waals surface area contributed by atoms with E-state index in [1.54, 1.807) is 16.7 Å². The van der Waals surface area contributed by atoms with E-state index in [2.05, 4.69) is 25.0 Å². The average molecular weight is 245 g/mol. The summed E-state index contributed by atoms with van der Waals surface area (Å²) in [4.78, 5) is 11.6. The zero-order valence-corrected chi connectivity index (χ0v) is 11.0. The second-order valence-corrected chi connectivity index (χ2v) is 4.29. The van der Waals surface area contributed by atoms with E-state index in [9.17, 15) is 4.79 Å². The summed E-state index contributed by atoms with van der Waals surface area (Å²) in [6, 6.07) is 7.37. The fourth-order valence-electron chi connectivity index (χ4n) is 2.01. The Hall–Kier alpha value is -1.84. The molecule has 0 fully saturated rings. The lowest BCUT2D eigenvalue weighted by Crippen LogP contribution is -2.21. The first-order valence-electron chi connectivity index (χ1n) is 6.45. The molecule has 4 heteroatoms. The minimum atomic E-state index is 0.0402. The smallest absolute Gasteiger partial charge is 0.250 e. The van der Waals surface area contributed by atoms with Crippen molar-refractivity contribution >= 4 is 0 Å². The standard InChI is InChI=1S/C14H19N3O/c1-3-12-11-13(4-2)17(15-12)10-9-16-8-6-5-7-14(16)18/h5-8,11H,3-4,9-10H2,1-2H3. The minimum Gasteiger partial charge on any atom is -0.314 e. The van der Waals surface area contributed by atoms with Gasteiger partial charge in [0.1, 0.15) is 0 Å². The van der Waals surface area contributed by atoms with E-state index in [0.717, 1.165) is 25.1 Å². The first kappa shape index (κ1) is 12.6.